The molecule has 0 N–H and O–H groups in total. The summed E-state index contributed by atoms with van der Waals surface area (Å²) in [5.41, 5.74) is 3.73. The van der Waals surface area contributed by atoms with Gasteiger partial charge in [-0.3, -0.25) is 9.80 Å². The van der Waals surface area contributed by atoms with Crippen molar-refractivity contribution in [2.75, 3.05) is 33.0 Å². The topological polar surface area (TPSA) is 68.5 Å². The van der Waals surface area contributed by atoms with Gasteiger partial charge in [-0.2, -0.15) is 17.9 Å². The highest BCUT2D eigenvalue weighted by Crippen LogP contribution is 2.36. The first-order chi connectivity index (χ1) is 20.8. The molecule has 0 aliphatic carbocycles. The predicted molar refractivity (Wildman–Crippen MR) is 154 cm³/mol. The van der Waals surface area contributed by atoms with E-state index in [1.54, 1.807) is 17.0 Å². The summed E-state index contributed by atoms with van der Waals surface area (Å²) in [6.45, 7) is 6.64. The molecule has 3 heterocycles. The fraction of sp³-hybridized carbons (Fsp3) is 0.344. The fourth-order valence-corrected chi connectivity index (χ4v) is 6.05. The smallest absolute Gasteiger partial charge is 0.416 e. The van der Waals surface area contributed by atoms with Crippen LogP contribution in [0.5, 0.6) is 0 Å². The molecule has 0 saturated carbocycles. The summed E-state index contributed by atoms with van der Waals surface area (Å²) in [5.74, 6) is 1.26. The van der Waals surface area contributed by atoms with Crippen LogP contribution in [0.15, 0.2) is 84.8 Å². The van der Waals surface area contributed by atoms with Gasteiger partial charge in [0.05, 0.1) is 23.3 Å². The van der Waals surface area contributed by atoms with Crippen LogP contribution in [0.4, 0.5) is 13.2 Å². The molecule has 224 valence electrons. The van der Waals surface area contributed by atoms with Crippen molar-refractivity contribution in [1.29, 1.82) is 0 Å². The largest absolute Gasteiger partial charge is 0.462 e. The van der Waals surface area contributed by atoms with Gasteiger partial charge in [-0.15, -0.1) is 5.10 Å². The fourth-order valence-electron chi connectivity index (χ4n) is 6.05. The van der Waals surface area contributed by atoms with Gasteiger partial charge >= 0.3 is 6.18 Å². The number of hydrogen-bond acceptors (Lipinski definition) is 7. The van der Waals surface area contributed by atoms with Gasteiger partial charge in [-0.1, -0.05) is 60.7 Å². The van der Waals surface area contributed by atoms with Crippen LogP contribution in [0.3, 0.4) is 0 Å². The van der Waals surface area contributed by atoms with Gasteiger partial charge in [0.25, 0.3) is 0 Å². The molecule has 2 aliphatic heterocycles. The van der Waals surface area contributed by atoms with Crippen molar-refractivity contribution in [3.8, 4) is 5.69 Å². The Morgan fingerprint density at radius 2 is 1.56 bits per heavy atom. The zero-order valence-electron chi connectivity index (χ0n) is 24.0. The first kappa shape index (κ1) is 28.9. The molecule has 11 heteroatoms. The highest BCUT2D eigenvalue weighted by Gasteiger charge is 2.37. The van der Waals surface area contributed by atoms with Crippen LogP contribution in [0.2, 0.25) is 0 Å². The minimum absolute atomic E-state index is 0.0287. The second-order valence-electron chi connectivity index (χ2n) is 10.9. The van der Waals surface area contributed by atoms with Gasteiger partial charge in [0, 0.05) is 26.2 Å². The summed E-state index contributed by atoms with van der Waals surface area (Å²) < 4.78 is 54.4. The first-order valence-corrected chi connectivity index (χ1v) is 14.3. The average Bonchev–Trinajstić information content (AvgIpc) is 3.70. The molecule has 4 aromatic rings. The summed E-state index contributed by atoms with van der Waals surface area (Å²) in [7, 11) is 0. The zero-order valence-corrected chi connectivity index (χ0v) is 24.0. The third-order valence-corrected chi connectivity index (χ3v) is 8.17. The van der Waals surface area contributed by atoms with Crippen LogP contribution >= 0.6 is 0 Å². The minimum Gasteiger partial charge on any atom is -0.462 e. The van der Waals surface area contributed by atoms with E-state index >= 15 is 0 Å². The van der Waals surface area contributed by atoms with E-state index in [1.807, 2.05) is 50.2 Å². The summed E-state index contributed by atoms with van der Waals surface area (Å²) in [4.78, 5) is 4.52. The Labute approximate surface area is 248 Å². The molecular formula is C32H33F3N6O2. The lowest BCUT2D eigenvalue weighted by atomic mass is 9.99. The van der Waals surface area contributed by atoms with Gasteiger partial charge in [0.15, 0.2) is 11.6 Å². The number of rotatable bonds is 8. The number of para-hydroxylation sites is 1. The lowest BCUT2D eigenvalue weighted by molar-refractivity contribution is -0.137. The van der Waals surface area contributed by atoms with Crippen molar-refractivity contribution in [3.05, 3.63) is 118 Å². The second kappa shape index (κ2) is 12.2. The molecule has 2 unspecified atom stereocenters. The number of nitrogens with zero attached hydrogens (tertiary/aromatic N) is 6. The number of piperazine rings is 1. The summed E-state index contributed by atoms with van der Waals surface area (Å²) in [5, 5.41) is 12.7. The Morgan fingerprint density at radius 1 is 0.860 bits per heavy atom. The summed E-state index contributed by atoms with van der Waals surface area (Å²) in [6.07, 6.45) is -2.04. The second-order valence-corrected chi connectivity index (χ2v) is 10.9. The standard InChI is InChI=1S/C32H33F3N6O2/c1-22-8-6-9-23(2)29(22)41-31(36-37-38-41)30(25-12-7-13-26(19-25)32(33,34)35)40-16-14-39(15-17-40)27(28-20-42-21-43-28)18-24-10-4-3-5-11-24/h3-13,19-20,27,30H,14-18,21H2,1-2H3. The molecule has 0 amide bonds. The summed E-state index contributed by atoms with van der Waals surface area (Å²) >= 11 is 0. The van der Waals surface area contributed by atoms with E-state index in [1.165, 1.54) is 17.7 Å². The molecule has 0 spiro atoms. The zero-order chi connectivity index (χ0) is 30.0. The lowest BCUT2D eigenvalue weighted by Crippen LogP contribution is -2.52. The van der Waals surface area contributed by atoms with Crippen molar-refractivity contribution < 1.29 is 22.6 Å². The van der Waals surface area contributed by atoms with E-state index in [4.69, 9.17) is 9.47 Å². The third kappa shape index (κ3) is 6.14. The van der Waals surface area contributed by atoms with Crippen LogP contribution in [-0.2, 0) is 22.1 Å². The number of halogens is 3. The van der Waals surface area contributed by atoms with Gasteiger partial charge in [-0.05, 0) is 65.1 Å². The molecule has 2 atom stereocenters. The first-order valence-electron chi connectivity index (χ1n) is 14.3. The Balaban J connectivity index is 1.34. The van der Waals surface area contributed by atoms with Gasteiger partial charge in [0.1, 0.15) is 6.26 Å². The minimum atomic E-state index is -4.47. The van der Waals surface area contributed by atoms with Crippen LogP contribution in [0, 0.1) is 13.8 Å². The average molecular weight is 591 g/mol. The molecular weight excluding hydrogens is 557 g/mol. The van der Waals surface area contributed by atoms with Crippen LogP contribution < -0.4 is 0 Å². The van der Waals surface area contributed by atoms with Crippen molar-refractivity contribution in [2.24, 2.45) is 0 Å². The highest BCUT2D eigenvalue weighted by atomic mass is 19.4. The van der Waals surface area contributed by atoms with E-state index in [2.05, 4.69) is 37.5 Å². The maximum absolute atomic E-state index is 13.8. The number of alkyl halides is 3. The molecule has 3 aromatic carbocycles. The Morgan fingerprint density at radius 3 is 2.23 bits per heavy atom. The Kier molecular flexibility index (Phi) is 8.18. The lowest BCUT2D eigenvalue weighted by Gasteiger charge is -2.42. The van der Waals surface area contributed by atoms with Gasteiger partial charge in [-0.25, -0.2) is 0 Å². The van der Waals surface area contributed by atoms with E-state index in [-0.39, 0.29) is 12.8 Å². The van der Waals surface area contributed by atoms with E-state index in [9.17, 15) is 13.2 Å². The maximum Gasteiger partial charge on any atom is 0.416 e. The monoisotopic (exact) mass is 590 g/mol. The Bertz CT molecular complexity index is 1560. The number of hydrogen-bond donors (Lipinski definition) is 0. The van der Waals surface area contributed by atoms with Gasteiger partial charge in [0.2, 0.25) is 6.79 Å². The van der Waals surface area contributed by atoms with E-state index in [0.717, 1.165) is 35.1 Å². The number of aromatic nitrogens is 4. The molecule has 1 saturated heterocycles. The number of tetrazole rings is 1. The van der Waals surface area contributed by atoms with Crippen LogP contribution in [-0.4, -0.2) is 69.0 Å². The SMILES string of the molecule is Cc1cccc(C)c1-n1nnnc1C(c1cccc(C(F)(F)F)c1)N1CCN(C(Cc2ccccc2)C2=COCO2)CC1. The van der Waals surface area contributed by atoms with E-state index < -0.39 is 17.8 Å². The summed E-state index contributed by atoms with van der Waals surface area (Å²) in [6, 6.07) is 21.0. The van der Waals surface area contributed by atoms with Crippen LogP contribution in [0.25, 0.3) is 5.69 Å². The highest BCUT2D eigenvalue weighted by molar-refractivity contribution is 5.47. The molecule has 0 radical (unpaired) electrons. The van der Waals surface area contributed by atoms with E-state index in [0.29, 0.717) is 37.6 Å². The van der Waals surface area contributed by atoms with Crippen molar-refractivity contribution in [2.45, 2.75) is 38.5 Å². The molecule has 6 rings (SSSR count). The molecule has 0 bridgehead atoms. The molecule has 2 aliphatic rings. The molecule has 8 nitrogen and oxygen atoms in total. The number of benzene rings is 3. The maximum atomic E-state index is 13.8. The molecule has 1 aromatic heterocycles. The quantitative estimate of drug-likeness (QED) is 0.270. The van der Waals surface area contributed by atoms with Crippen molar-refractivity contribution >= 4 is 0 Å². The van der Waals surface area contributed by atoms with Crippen LogP contribution in [0.1, 0.15) is 39.7 Å². The van der Waals surface area contributed by atoms with Crippen molar-refractivity contribution in [3.63, 3.8) is 0 Å². The molecule has 43 heavy (non-hydrogen) atoms. The number of ether oxygens (including phenoxy) is 2. The van der Waals surface area contributed by atoms with Crippen molar-refractivity contribution in [1.82, 2.24) is 30.0 Å². The molecule has 1 fully saturated rings. The normalized spacial score (nSPS) is 17.7. The predicted octanol–water partition coefficient (Wildman–Crippen LogP) is 5.46. The number of aryl methyl sites for hydroxylation is 2. The van der Waals surface area contributed by atoms with Gasteiger partial charge < -0.3 is 9.47 Å². The Hall–Kier alpha value is -4.22. The third-order valence-electron chi connectivity index (χ3n) is 8.17.